The minimum Gasteiger partial charge on any atom is -0.465 e. The Kier molecular flexibility index (Phi) is 5.73. The summed E-state index contributed by atoms with van der Waals surface area (Å²) in [6, 6.07) is 9.05. The number of allylic oxidation sites excluding steroid dienone is 4. The van der Waals surface area contributed by atoms with Gasteiger partial charge in [-0.2, -0.15) is 0 Å². The fraction of sp³-hybridized carbons (Fsp3) is 0.367. The summed E-state index contributed by atoms with van der Waals surface area (Å²) >= 11 is 12.7. The molecule has 4 heterocycles. The Bertz CT molecular complexity index is 1700. The summed E-state index contributed by atoms with van der Waals surface area (Å²) in [6.45, 7) is 5.06. The van der Waals surface area contributed by atoms with E-state index < -0.39 is 29.2 Å². The zero-order valence-electron chi connectivity index (χ0n) is 22.2. The smallest absolute Gasteiger partial charge is 0.338 e. The maximum atomic E-state index is 16.0. The molecule has 1 amide bonds. The van der Waals surface area contributed by atoms with Crippen LogP contribution in [-0.2, 0) is 21.6 Å². The molecule has 3 aromatic rings. The molecule has 7 rings (SSSR count). The van der Waals surface area contributed by atoms with Gasteiger partial charge in [-0.05, 0) is 55.8 Å². The molecule has 1 N–H and O–H groups in total. The number of anilines is 1. The number of carbonyl (C=O) groups is 2. The van der Waals surface area contributed by atoms with E-state index in [-0.39, 0.29) is 22.9 Å². The van der Waals surface area contributed by atoms with Crippen LogP contribution in [0.4, 0.5) is 10.1 Å². The molecule has 1 unspecified atom stereocenters. The van der Waals surface area contributed by atoms with E-state index in [0.29, 0.717) is 41.3 Å². The summed E-state index contributed by atoms with van der Waals surface area (Å²) in [7, 11) is 1.36. The van der Waals surface area contributed by atoms with Crippen LogP contribution >= 0.6 is 23.2 Å². The highest BCUT2D eigenvalue weighted by atomic mass is 35.5. The topological polar surface area (TPSA) is 76.5 Å². The van der Waals surface area contributed by atoms with Gasteiger partial charge in [0.2, 0.25) is 5.91 Å². The number of benzene rings is 2. The lowest BCUT2D eigenvalue weighted by Crippen LogP contribution is -2.54. The Hall–Kier alpha value is -3.20. The molecule has 5 atom stereocenters. The van der Waals surface area contributed by atoms with Crippen LogP contribution in [0.15, 0.2) is 53.3 Å². The van der Waals surface area contributed by atoms with Crippen LogP contribution in [0.1, 0.15) is 46.6 Å². The second-order valence-corrected chi connectivity index (χ2v) is 11.8. The van der Waals surface area contributed by atoms with Crippen molar-refractivity contribution >= 4 is 51.8 Å². The van der Waals surface area contributed by atoms with Gasteiger partial charge in [-0.25, -0.2) is 14.2 Å². The first kappa shape index (κ1) is 25.7. The van der Waals surface area contributed by atoms with Gasteiger partial charge in [-0.15, -0.1) is 0 Å². The molecule has 1 saturated heterocycles. The number of esters is 1. The number of fused-ring (bicyclic) bond motifs is 7. The first-order valence-electron chi connectivity index (χ1n) is 13.4. The quantitative estimate of drug-likeness (QED) is 0.382. The molecule has 2 aromatic carbocycles. The highest BCUT2D eigenvalue weighted by Crippen LogP contribution is 2.64. The van der Waals surface area contributed by atoms with Crippen molar-refractivity contribution in [1.82, 2.24) is 14.5 Å². The summed E-state index contributed by atoms with van der Waals surface area (Å²) in [4.78, 5) is 33.9. The lowest BCUT2D eigenvalue weighted by Gasteiger charge is -2.42. The molecule has 3 aliphatic heterocycles. The fourth-order valence-corrected chi connectivity index (χ4v) is 8.27. The Labute approximate surface area is 240 Å². The number of aromatic nitrogens is 2. The molecule has 0 saturated carbocycles. The number of carbonyl (C=O) groups excluding carboxylic acids is 2. The number of hydrogen-bond acceptors (Lipinski definition) is 5. The predicted molar refractivity (Wildman–Crippen MR) is 151 cm³/mol. The third kappa shape index (κ3) is 3.18. The van der Waals surface area contributed by atoms with E-state index in [4.69, 9.17) is 32.9 Å². The first-order valence-corrected chi connectivity index (χ1v) is 14.2. The molecule has 10 heteroatoms. The monoisotopic (exact) mass is 580 g/mol. The van der Waals surface area contributed by atoms with Gasteiger partial charge in [0.25, 0.3) is 0 Å². The molecule has 40 heavy (non-hydrogen) atoms. The molecule has 1 aliphatic carbocycles. The Morgan fingerprint density at radius 2 is 2.08 bits per heavy atom. The van der Waals surface area contributed by atoms with Crippen molar-refractivity contribution in [2.24, 2.45) is 11.8 Å². The average molecular weight is 581 g/mol. The van der Waals surface area contributed by atoms with E-state index in [1.54, 1.807) is 24.3 Å². The summed E-state index contributed by atoms with van der Waals surface area (Å²) in [5, 5.41) is 3.65. The molecule has 1 fully saturated rings. The number of halogens is 3. The number of likely N-dealkylation sites (tertiary alicyclic amines) is 1. The number of rotatable bonds is 3. The Morgan fingerprint density at radius 3 is 2.83 bits per heavy atom. The highest BCUT2D eigenvalue weighted by Gasteiger charge is 2.70. The van der Waals surface area contributed by atoms with Crippen molar-refractivity contribution in [3.63, 3.8) is 0 Å². The third-order valence-corrected chi connectivity index (χ3v) is 9.84. The van der Waals surface area contributed by atoms with E-state index in [9.17, 15) is 9.59 Å². The van der Waals surface area contributed by atoms with Gasteiger partial charge in [0.1, 0.15) is 17.2 Å². The van der Waals surface area contributed by atoms with Gasteiger partial charge >= 0.3 is 5.97 Å². The number of hydrogen-bond donors (Lipinski definition) is 1. The van der Waals surface area contributed by atoms with Gasteiger partial charge in [0, 0.05) is 46.6 Å². The lowest BCUT2D eigenvalue weighted by molar-refractivity contribution is -0.130. The van der Waals surface area contributed by atoms with Crippen LogP contribution in [0.2, 0.25) is 5.02 Å². The molecular weight excluding hydrogens is 554 g/mol. The second kappa shape index (κ2) is 8.90. The summed E-state index contributed by atoms with van der Waals surface area (Å²) < 4.78 is 23.2. The van der Waals surface area contributed by atoms with Crippen LogP contribution in [0.3, 0.4) is 0 Å². The summed E-state index contributed by atoms with van der Waals surface area (Å²) in [5.41, 5.74) is 3.13. The SMILES string of the molecule is CCN1[C@H]2Cn3c(nc4cc(C(=O)OC)c(C)cc43)[C@H]2[C@H](C2CC=CC(Cl)=C2F)[C@]12C(=O)Nc1cc(Cl)ccc12. The van der Waals surface area contributed by atoms with E-state index in [2.05, 4.69) is 14.8 Å². The van der Waals surface area contributed by atoms with Gasteiger partial charge in [0.05, 0.1) is 28.7 Å². The Balaban J connectivity index is 1.48. The number of aryl methyl sites for hydroxylation is 1. The predicted octanol–water partition coefficient (Wildman–Crippen LogP) is 6.05. The molecule has 4 aliphatic rings. The number of ether oxygens (including phenoxy) is 1. The number of likely N-dealkylation sites (N-methyl/N-ethyl adjacent to an activating group) is 1. The van der Waals surface area contributed by atoms with E-state index in [1.807, 2.05) is 32.1 Å². The van der Waals surface area contributed by atoms with Crippen molar-refractivity contribution in [3.05, 3.63) is 80.9 Å². The van der Waals surface area contributed by atoms with Crippen molar-refractivity contribution in [2.45, 2.75) is 44.3 Å². The number of imidazole rings is 1. The highest BCUT2D eigenvalue weighted by molar-refractivity contribution is 6.31. The van der Waals surface area contributed by atoms with E-state index >= 15 is 4.39 Å². The molecule has 206 valence electrons. The van der Waals surface area contributed by atoms with Gasteiger partial charge in [-0.3, -0.25) is 9.69 Å². The second-order valence-electron chi connectivity index (χ2n) is 11.0. The molecule has 1 aromatic heterocycles. The molecular formula is C30H27Cl2FN4O3. The van der Waals surface area contributed by atoms with Crippen LogP contribution in [-0.4, -0.2) is 46.0 Å². The fourth-order valence-electron chi connectivity index (χ4n) is 7.86. The maximum absolute atomic E-state index is 16.0. The molecule has 0 bridgehead atoms. The number of nitrogens with zero attached hydrogens (tertiary/aromatic N) is 3. The summed E-state index contributed by atoms with van der Waals surface area (Å²) in [6.07, 6.45) is 3.89. The van der Waals surface area contributed by atoms with Crippen molar-refractivity contribution in [3.8, 4) is 0 Å². The average Bonchev–Trinajstić information content (AvgIpc) is 3.62. The number of methoxy groups -OCH3 is 1. The van der Waals surface area contributed by atoms with Crippen LogP contribution in [0, 0.1) is 18.8 Å². The minimum absolute atomic E-state index is 0.0671. The standard InChI is InChI=1S/C30H27Cl2FN4O3/c1-4-37-23-13-36-22-10-14(2)17(28(38)40-3)12-21(22)34-27(36)24(23)25(16-6-5-7-19(32)26(16)33)30(37)18-9-8-15(31)11-20(18)35-29(30)39/h5,7-12,16,23-25H,4,6,13H2,1-3H3,(H,35,39)/t16?,23-,24+,25-,30+/m0/s1. The first-order chi connectivity index (χ1) is 19.2. The largest absolute Gasteiger partial charge is 0.465 e. The van der Waals surface area contributed by atoms with Crippen molar-refractivity contribution in [1.29, 1.82) is 0 Å². The van der Waals surface area contributed by atoms with Gasteiger partial charge < -0.3 is 14.6 Å². The molecule has 7 nitrogen and oxygen atoms in total. The number of nitrogens with one attached hydrogen (secondary N) is 1. The number of amides is 1. The third-order valence-electron chi connectivity index (χ3n) is 9.30. The van der Waals surface area contributed by atoms with Crippen molar-refractivity contribution in [2.75, 3.05) is 19.0 Å². The van der Waals surface area contributed by atoms with Crippen LogP contribution < -0.4 is 5.32 Å². The maximum Gasteiger partial charge on any atom is 0.338 e. The van der Waals surface area contributed by atoms with Gasteiger partial charge in [-0.1, -0.05) is 42.3 Å². The molecule has 0 radical (unpaired) electrons. The zero-order valence-corrected chi connectivity index (χ0v) is 23.7. The van der Waals surface area contributed by atoms with E-state index in [0.717, 1.165) is 22.5 Å². The lowest BCUT2D eigenvalue weighted by atomic mass is 9.66. The zero-order chi connectivity index (χ0) is 28.1. The Morgan fingerprint density at radius 1 is 1.27 bits per heavy atom. The summed E-state index contributed by atoms with van der Waals surface area (Å²) in [5.74, 6) is -1.63. The molecule has 1 spiro atoms. The normalized spacial score (nSPS) is 28.8. The van der Waals surface area contributed by atoms with Crippen LogP contribution in [0.5, 0.6) is 0 Å². The minimum atomic E-state index is -1.13. The van der Waals surface area contributed by atoms with Crippen molar-refractivity contribution < 1.29 is 18.7 Å². The van der Waals surface area contributed by atoms with Crippen LogP contribution in [0.25, 0.3) is 11.0 Å². The van der Waals surface area contributed by atoms with Gasteiger partial charge in [0.15, 0.2) is 0 Å². The van der Waals surface area contributed by atoms with E-state index in [1.165, 1.54) is 7.11 Å².